The Hall–Kier alpha value is -2.39. The Balaban J connectivity index is 2.01. The number of aromatic hydroxyl groups is 1. The van der Waals surface area contributed by atoms with E-state index < -0.39 is 5.60 Å². The van der Waals surface area contributed by atoms with Gasteiger partial charge in [0.05, 0.1) is 0 Å². The number of carbonyl (C=O) groups excluding carboxylic acids is 1. The Bertz CT molecular complexity index is 856. The fourth-order valence-electron chi connectivity index (χ4n) is 3.62. The highest BCUT2D eigenvalue weighted by atomic mass is 16.5. The summed E-state index contributed by atoms with van der Waals surface area (Å²) in [5.41, 5.74) is 2.79. The van der Waals surface area contributed by atoms with Crippen molar-refractivity contribution in [3.05, 3.63) is 77.9 Å². The lowest BCUT2D eigenvalue weighted by atomic mass is 9.77. The van der Waals surface area contributed by atoms with Gasteiger partial charge in [-0.3, -0.25) is 4.79 Å². The van der Waals surface area contributed by atoms with Gasteiger partial charge in [-0.05, 0) is 67.0 Å². The molecule has 0 atom stereocenters. The van der Waals surface area contributed by atoms with Gasteiger partial charge < -0.3 is 9.84 Å². The molecule has 2 rings (SSSR count). The van der Waals surface area contributed by atoms with Gasteiger partial charge in [-0.15, -0.1) is 0 Å². The van der Waals surface area contributed by atoms with Gasteiger partial charge in [0.1, 0.15) is 11.4 Å². The van der Waals surface area contributed by atoms with Crippen LogP contribution in [-0.2, 0) is 21.4 Å². The van der Waals surface area contributed by atoms with Crippen molar-refractivity contribution in [2.45, 2.75) is 65.4 Å². The summed E-state index contributed by atoms with van der Waals surface area (Å²) in [6.45, 7) is 16.5. The molecule has 0 spiro atoms. The van der Waals surface area contributed by atoms with Crippen LogP contribution in [0.1, 0.15) is 64.7 Å². The van der Waals surface area contributed by atoms with E-state index in [-0.39, 0.29) is 22.4 Å². The average Bonchev–Trinajstić information content (AvgIpc) is 2.67. The molecule has 3 heteroatoms. The van der Waals surface area contributed by atoms with Crippen LogP contribution in [-0.4, -0.2) is 23.1 Å². The number of rotatable bonds is 10. The molecule has 0 heterocycles. The molecule has 2 aromatic rings. The standard InChI is InChI=1S/C27H36O3/c1-8-24(29)27(6,7)30-18-17-25(2,3)19-20-9-11-21(12-10-20)26(4,5)22-13-15-23(28)16-14-22/h8-16,28H,1,17-19H2,2-7H3. The zero-order valence-corrected chi connectivity index (χ0v) is 19.3. The number of benzene rings is 2. The van der Waals surface area contributed by atoms with Gasteiger partial charge in [0.2, 0.25) is 0 Å². The van der Waals surface area contributed by atoms with Crippen molar-refractivity contribution < 1.29 is 14.6 Å². The number of hydrogen-bond donors (Lipinski definition) is 1. The SMILES string of the molecule is C=CC(=O)C(C)(C)OCCC(C)(C)Cc1ccc(C(C)(C)c2ccc(O)cc2)cc1. The molecule has 3 nitrogen and oxygen atoms in total. The van der Waals surface area contributed by atoms with Crippen LogP contribution in [0.4, 0.5) is 0 Å². The molecule has 1 N–H and O–H groups in total. The number of phenolic OH excluding ortho intramolecular Hbond substituents is 1. The lowest BCUT2D eigenvalue weighted by molar-refractivity contribution is -0.136. The van der Waals surface area contributed by atoms with E-state index in [1.54, 1.807) is 26.0 Å². The number of ether oxygens (including phenoxy) is 1. The van der Waals surface area contributed by atoms with Crippen LogP contribution in [0, 0.1) is 5.41 Å². The van der Waals surface area contributed by atoms with E-state index in [0.29, 0.717) is 6.61 Å². The van der Waals surface area contributed by atoms with E-state index >= 15 is 0 Å². The van der Waals surface area contributed by atoms with Crippen LogP contribution in [0.5, 0.6) is 5.75 Å². The third kappa shape index (κ3) is 6.06. The Labute approximate surface area is 181 Å². The Morgan fingerprint density at radius 2 is 1.43 bits per heavy atom. The smallest absolute Gasteiger partial charge is 0.186 e. The van der Waals surface area contributed by atoms with Gasteiger partial charge in [-0.2, -0.15) is 0 Å². The topological polar surface area (TPSA) is 46.5 Å². The predicted molar refractivity (Wildman–Crippen MR) is 124 cm³/mol. The molecule has 0 fully saturated rings. The van der Waals surface area contributed by atoms with E-state index in [4.69, 9.17) is 4.74 Å². The molecule has 0 aliphatic heterocycles. The molecule has 0 amide bonds. The van der Waals surface area contributed by atoms with Crippen molar-refractivity contribution in [2.24, 2.45) is 5.41 Å². The summed E-state index contributed by atoms with van der Waals surface area (Å²) in [6.07, 6.45) is 3.13. The van der Waals surface area contributed by atoms with Crippen LogP contribution in [0.3, 0.4) is 0 Å². The summed E-state index contributed by atoms with van der Waals surface area (Å²) < 4.78 is 5.84. The zero-order valence-electron chi connectivity index (χ0n) is 19.3. The number of phenols is 1. The maximum atomic E-state index is 11.9. The highest BCUT2D eigenvalue weighted by Crippen LogP contribution is 2.33. The minimum Gasteiger partial charge on any atom is -0.508 e. The monoisotopic (exact) mass is 408 g/mol. The minimum atomic E-state index is -0.820. The molecule has 0 aliphatic carbocycles. The molecule has 0 aliphatic rings. The number of carbonyl (C=O) groups is 1. The van der Waals surface area contributed by atoms with Crippen molar-refractivity contribution in [2.75, 3.05) is 6.61 Å². The Morgan fingerprint density at radius 1 is 0.933 bits per heavy atom. The lowest BCUT2D eigenvalue weighted by Crippen LogP contribution is -2.35. The second-order valence-corrected chi connectivity index (χ2v) is 9.89. The van der Waals surface area contributed by atoms with E-state index in [0.717, 1.165) is 12.8 Å². The molecule has 0 saturated carbocycles. The van der Waals surface area contributed by atoms with E-state index in [1.807, 2.05) is 12.1 Å². The molecule has 0 bridgehead atoms. The summed E-state index contributed by atoms with van der Waals surface area (Å²) in [4.78, 5) is 11.9. The van der Waals surface area contributed by atoms with E-state index in [2.05, 4.69) is 58.5 Å². The molecular formula is C27H36O3. The average molecular weight is 409 g/mol. The number of hydrogen-bond acceptors (Lipinski definition) is 3. The maximum absolute atomic E-state index is 11.9. The summed E-state index contributed by atoms with van der Waals surface area (Å²) in [5.74, 6) is 0.195. The summed E-state index contributed by atoms with van der Waals surface area (Å²) in [6, 6.07) is 16.2. The largest absolute Gasteiger partial charge is 0.508 e. The van der Waals surface area contributed by atoms with E-state index in [9.17, 15) is 9.90 Å². The first kappa shape index (κ1) is 23.9. The van der Waals surface area contributed by atoms with E-state index in [1.165, 1.54) is 22.8 Å². The Morgan fingerprint density at radius 3 is 1.93 bits per heavy atom. The zero-order chi connectivity index (χ0) is 22.6. The molecule has 0 unspecified atom stereocenters. The molecule has 0 aromatic heterocycles. The highest BCUT2D eigenvalue weighted by molar-refractivity contribution is 5.95. The van der Waals surface area contributed by atoms with Gasteiger partial charge in [-0.1, -0.05) is 70.7 Å². The van der Waals surface area contributed by atoms with Crippen LogP contribution in [0.2, 0.25) is 0 Å². The van der Waals surface area contributed by atoms with Gasteiger partial charge >= 0.3 is 0 Å². The first-order chi connectivity index (χ1) is 13.9. The first-order valence-corrected chi connectivity index (χ1v) is 10.6. The van der Waals surface area contributed by atoms with Crippen molar-refractivity contribution in [1.82, 2.24) is 0 Å². The van der Waals surface area contributed by atoms with Crippen LogP contribution in [0.15, 0.2) is 61.2 Å². The lowest BCUT2D eigenvalue weighted by Gasteiger charge is -2.29. The fraction of sp³-hybridized carbons (Fsp3) is 0.444. The minimum absolute atomic E-state index is 0.0568. The summed E-state index contributed by atoms with van der Waals surface area (Å²) >= 11 is 0. The third-order valence-electron chi connectivity index (χ3n) is 5.97. The molecule has 30 heavy (non-hydrogen) atoms. The van der Waals surface area contributed by atoms with Crippen LogP contribution in [0.25, 0.3) is 0 Å². The van der Waals surface area contributed by atoms with Gasteiger partial charge in [0.15, 0.2) is 5.78 Å². The van der Waals surface area contributed by atoms with Crippen molar-refractivity contribution in [3.8, 4) is 5.75 Å². The highest BCUT2D eigenvalue weighted by Gasteiger charge is 2.28. The maximum Gasteiger partial charge on any atom is 0.186 e. The number of ketones is 1. The second-order valence-electron chi connectivity index (χ2n) is 9.89. The van der Waals surface area contributed by atoms with Gasteiger partial charge in [0, 0.05) is 12.0 Å². The normalized spacial score (nSPS) is 12.6. The molecular weight excluding hydrogens is 372 g/mol. The third-order valence-corrected chi connectivity index (χ3v) is 5.97. The molecule has 0 saturated heterocycles. The predicted octanol–water partition coefficient (Wildman–Crippen LogP) is 6.23. The summed E-state index contributed by atoms with van der Waals surface area (Å²) in [7, 11) is 0. The molecule has 0 radical (unpaired) electrons. The first-order valence-electron chi connectivity index (χ1n) is 10.6. The van der Waals surface area contributed by atoms with Gasteiger partial charge in [0.25, 0.3) is 0 Å². The molecule has 162 valence electrons. The summed E-state index contributed by atoms with van der Waals surface area (Å²) in [5, 5.41) is 9.55. The second kappa shape index (κ2) is 9.18. The molecule has 2 aromatic carbocycles. The van der Waals surface area contributed by atoms with Crippen molar-refractivity contribution >= 4 is 5.78 Å². The van der Waals surface area contributed by atoms with Crippen molar-refractivity contribution in [1.29, 1.82) is 0 Å². The van der Waals surface area contributed by atoms with Crippen LogP contribution >= 0.6 is 0 Å². The fourth-order valence-corrected chi connectivity index (χ4v) is 3.62. The van der Waals surface area contributed by atoms with Crippen molar-refractivity contribution in [3.63, 3.8) is 0 Å². The Kier molecular flexibility index (Phi) is 7.31. The quantitative estimate of drug-likeness (QED) is 0.474. The van der Waals surface area contributed by atoms with Gasteiger partial charge in [-0.25, -0.2) is 0 Å². The van der Waals surface area contributed by atoms with Crippen LogP contribution < -0.4 is 0 Å².